The minimum atomic E-state index is 0.301. The van der Waals surface area contributed by atoms with Crippen molar-refractivity contribution in [1.82, 2.24) is 10.2 Å². The number of aliphatic hydroxyl groups excluding tert-OH is 1. The van der Waals surface area contributed by atoms with Crippen LogP contribution < -0.4 is 5.32 Å². The van der Waals surface area contributed by atoms with E-state index < -0.39 is 0 Å². The van der Waals surface area contributed by atoms with Crippen LogP contribution in [0.15, 0.2) is 0 Å². The van der Waals surface area contributed by atoms with Crippen molar-refractivity contribution in [3.8, 4) is 0 Å². The zero-order valence-electron chi connectivity index (χ0n) is 11.4. The number of nitrogens with zero attached hydrogens (tertiary/aromatic N) is 1. The molecule has 0 aliphatic carbocycles. The van der Waals surface area contributed by atoms with Crippen LogP contribution in [0.3, 0.4) is 0 Å². The molecule has 2 rings (SSSR count). The molecule has 3 nitrogen and oxygen atoms in total. The molecular weight excluding hydrogens is 212 g/mol. The number of hydrogen-bond donors (Lipinski definition) is 2. The zero-order chi connectivity index (χ0) is 12.3. The standard InChI is InChI=1S/C14H28N2O/c1-11(2)16-6-4-3-5-14(16)8-12-7-13(10-17)15-9-12/h11-15,17H,3-10H2,1-2H3. The van der Waals surface area contributed by atoms with Crippen LogP contribution in [0, 0.1) is 5.92 Å². The summed E-state index contributed by atoms with van der Waals surface area (Å²) < 4.78 is 0. The van der Waals surface area contributed by atoms with Gasteiger partial charge in [-0.1, -0.05) is 6.42 Å². The van der Waals surface area contributed by atoms with E-state index in [0.717, 1.165) is 18.5 Å². The molecular formula is C14H28N2O. The molecule has 0 amide bonds. The van der Waals surface area contributed by atoms with Gasteiger partial charge < -0.3 is 10.4 Å². The van der Waals surface area contributed by atoms with Gasteiger partial charge in [0.2, 0.25) is 0 Å². The minimum Gasteiger partial charge on any atom is -0.395 e. The van der Waals surface area contributed by atoms with Crippen molar-refractivity contribution in [1.29, 1.82) is 0 Å². The lowest BCUT2D eigenvalue weighted by atomic mass is 9.90. The van der Waals surface area contributed by atoms with E-state index in [1.54, 1.807) is 0 Å². The Balaban J connectivity index is 1.84. The molecule has 2 aliphatic heterocycles. The Morgan fingerprint density at radius 3 is 2.82 bits per heavy atom. The first-order valence-corrected chi connectivity index (χ1v) is 7.30. The number of piperidine rings is 1. The Kier molecular flexibility index (Phi) is 4.83. The lowest BCUT2D eigenvalue weighted by Crippen LogP contribution is -2.44. The Hall–Kier alpha value is -0.120. The third-order valence-corrected chi connectivity index (χ3v) is 4.47. The maximum absolute atomic E-state index is 9.16. The molecule has 3 heteroatoms. The Labute approximate surface area is 106 Å². The Bertz CT molecular complexity index is 232. The van der Waals surface area contributed by atoms with Gasteiger partial charge in [-0.3, -0.25) is 4.90 Å². The van der Waals surface area contributed by atoms with Crippen molar-refractivity contribution in [2.45, 2.75) is 64.1 Å². The van der Waals surface area contributed by atoms with Crippen LogP contribution >= 0.6 is 0 Å². The molecule has 2 heterocycles. The average molecular weight is 240 g/mol. The molecule has 0 spiro atoms. The first kappa shape index (κ1) is 13.3. The average Bonchev–Trinajstić information content (AvgIpc) is 2.77. The second kappa shape index (κ2) is 6.17. The predicted octanol–water partition coefficient (Wildman–Crippen LogP) is 1.61. The molecule has 0 aromatic heterocycles. The Morgan fingerprint density at radius 1 is 1.35 bits per heavy atom. The Morgan fingerprint density at radius 2 is 2.18 bits per heavy atom. The van der Waals surface area contributed by atoms with Gasteiger partial charge in [0.25, 0.3) is 0 Å². The molecule has 2 saturated heterocycles. The van der Waals surface area contributed by atoms with E-state index in [1.165, 1.54) is 38.6 Å². The van der Waals surface area contributed by atoms with Crippen LogP contribution in [-0.4, -0.2) is 47.8 Å². The van der Waals surface area contributed by atoms with Crippen molar-refractivity contribution < 1.29 is 5.11 Å². The molecule has 3 unspecified atom stereocenters. The summed E-state index contributed by atoms with van der Waals surface area (Å²) >= 11 is 0. The predicted molar refractivity (Wildman–Crippen MR) is 71.1 cm³/mol. The van der Waals surface area contributed by atoms with Crippen LogP contribution in [0.2, 0.25) is 0 Å². The third-order valence-electron chi connectivity index (χ3n) is 4.47. The highest BCUT2D eigenvalue weighted by Crippen LogP contribution is 2.28. The van der Waals surface area contributed by atoms with E-state index in [1.807, 2.05) is 0 Å². The molecule has 2 N–H and O–H groups in total. The molecule has 0 aromatic carbocycles. The van der Waals surface area contributed by atoms with Crippen molar-refractivity contribution >= 4 is 0 Å². The molecule has 17 heavy (non-hydrogen) atoms. The second-order valence-corrected chi connectivity index (χ2v) is 6.11. The number of hydrogen-bond acceptors (Lipinski definition) is 3. The maximum Gasteiger partial charge on any atom is 0.0584 e. The van der Waals surface area contributed by atoms with E-state index in [0.29, 0.717) is 18.7 Å². The fraction of sp³-hybridized carbons (Fsp3) is 1.00. The topological polar surface area (TPSA) is 35.5 Å². The molecule has 0 radical (unpaired) electrons. The lowest BCUT2D eigenvalue weighted by molar-refractivity contribution is 0.0941. The van der Waals surface area contributed by atoms with Gasteiger partial charge in [0.05, 0.1) is 6.61 Å². The smallest absolute Gasteiger partial charge is 0.0584 e. The lowest BCUT2D eigenvalue weighted by Gasteiger charge is -2.39. The van der Waals surface area contributed by atoms with Crippen molar-refractivity contribution in [2.75, 3.05) is 19.7 Å². The van der Waals surface area contributed by atoms with Crippen molar-refractivity contribution in [3.63, 3.8) is 0 Å². The molecule has 0 bridgehead atoms. The number of likely N-dealkylation sites (tertiary alicyclic amines) is 1. The first-order valence-electron chi connectivity index (χ1n) is 7.30. The maximum atomic E-state index is 9.16. The van der Waals surface area contributed by atoms with Gasteiger partial charge in [0, 0.05) is 18.1 Å². The summed E-state index contributed by atoms with van der Waals surface area (Å²) in [6.07, 6.45) is 6.63. The SMILES string of the molecule is CC(C)N1CCCCC1CC1CNC(CO)C1. The van der Waals surface area contributed by atoms with E-state index in [9.17, 15) is 0 Å². The van der Waals surface area contributed by atoms with Gasteiger partial charge in [0.15, 0.2) is 0 Å². The third kappa shape index (κ3) is 3.43. The summed E-state index contributed by atoms with van der Waals surface area (Å²) in [6, 6.07) is 1.83. The highest BCUT2D eigenvalue weighted by atomic mass is 16.3. The van der Waals surface area contributed by atoms with Crippen LogP contribution in [0.25, 0.3) is 0 Å². The fourth-order valence-corrected chi connectivity index (χ4v) is 3.56. The van der Waals surface area contributed by atoms with E-state index in [-0.39, 0.29) is 0 Å². The number of aliphatic hydroxyl groups is 1. The quantitative estimate of drug-likeness (QED) is 0.783. The van der Waals surface area contributed by atoms with Crippen molar-refractivity contribution in [3.05, 3.63) is 0 Å². The monoisotopic (exact) mass is 240 g/mol. The van der Waals surface area contributed by atoms with Crippen LogP contribution in [0.1, 0.15) is 46.0 Å². The van der Waals surface area contributed by atoms with Crippen LogP contribution in [0.4, 0.5) is 0 Å². The summed E-state index contributed by atoms with van der Waals surface area (Å²) in [7, 11) is 0. The van der Waals surface area contributed by atoms with Crippen molar-refractivity contribution in [2.24, 2.45) is 5.92 Å². The largest absolute Gasteiger partial charge is 0.395 e. The van der Waals surface area contributed by atoms with E-state index in [2.05, 4.69) is 24.1 Å². The highest BCUT2D eigenvalue weighted by molar-refractivity contribution is 4.87. The first-order chi connectivity index (χ1) is 8.20. The van der Waals surface area contributed by atoms with Gasteiger partial charge in [-0.25, -0.2) is 0 Å². The normalized spacial score (nSPS) is 35.6. The summed E-state index contributed by atoms with van der Waals surface area (Å²) in [5.41, 5.74) is 0. The molecule has 2 fully saturated rings. The molecule has 100 valence electrons. The number of nitrogens with one attached hydrogen (secondary N) is 1. The minimum absolute atomic E-state index is 0.301. The van der Waals surface area contributed by atoms with Gasteiger partial charge in [-0.2, -0.15) is 0 Å². The van der Waals surface area contributed by atoms with E-state index in [4.69, 9.17) is 5.11 Å². The van der Waals surface area contributed by atoms with Crippen LogP contribution in [-0.2, 0) is 0 Å². The summed E-state index contributed by atoms with van der Waals surface area (Å²) in [5.74, 6) is 0.775. The molecule has 0 saturated carbocycles. The molecule has 2 aliphatic rings. The zero-order valence-corrected chi connectivity index (χ0v) is 11.4. The van der Waals surface area contributed by atoms with Gasteiger partial charge >= 0.3 is 0 Å². The number of rotatable bonds is 4. The summed E-state index contributed by atoms with van der Waals surface area (Å²) in [4.78, 5) is 2.69. The summed E-state index contributed by atoms with van der Waals surface area (Å²) in [6.45, 7) is 7.33. The van der Waals surface area contributed by atoms with Crippen LogP contribution in [0.5, 0.6) is 0 Å². The van der Waals surface area contributed by atoms with Gasteiger partial charge in [0.1, 0.15) is 0 Å². The second-order valence-electron chi connectivity index (χ2n) is 6.11. The fourth-order valence-electron chi connectivity index (χ4n) is 3.56. The molecule has 3 atom stereocenters. The van der Waals surface area contributed by atoms with Gasteiger partial charge in [-0.05, 0) is 58.5 Å². The van der Waals surface area contributed by atoms with Gasteiger partial charge in [-0.15, -0.1) is 0 Å². The summed E-state index contributed by atoms with van der Waals surface area (Å²) in [5, 5.41) is 12.6. The highest BCUT2D eigenvalue weighted by Gasteiger charge is 2.30. The van der Waals surface area contributed by atoms with E-state index >= 15 is 0 Å². The molecule has 0 aromatic rings.